The second-order valence-electron chi connectivity index (χ2n) is 9.35. The number of hydrogen-bond acceptors (Lipinski definition) is 8. The highest BCUT2D eigenvalue weighted by Crippen LogP contribution is 2.56. The van der Waals surface area contributed by atoms with Gasteiger partial charge in [-0.05, 0) is 49.5 Å². The van der Waals surface area contributed by atoms with E-state index in [0.29, 0.717) is 27.2 Å². The summed E-state index contributed by atoms with van der Waals surface area (Å²) in [6.07, 6.45) is 3.34. The quantitative estimate of drug-likeness (QED) is 0.369. The number of nitrogens with zero attached hydrogens (tertiary/aromatic N) is 1. The highest BCUT2D eigenvalue weighted by Gasteiger charge is 2.57. The predicted molar refractivity (Wildman–Crippen MR) is 124 cm³/mol. The molecule has 10 nitrogen and oxygen atoms in total. The smallest absolute Gasteiger partial charge is 0.328 e. The van der Waals surface area contributed by atoms with Gasteiger partial charge < -0.3 is 20.3 Å². The van der Waals surface area contributed by atoms with E-state index in [1.165, 1.54) is 20.3 Å². The molecule has 4 aliphatic rings. The average molecular weight is 492 g/mol. The highest BCUT2D eigenvalue weighted by atomic mass is 16.5. The Balaban J connectivity index is 1.73. The van der Waals surface area contributed by atoms with E-state index in [1.54, 1.807) is 19.1 Å². The van der Waals surface area contributed by atoms with Crippen LogP contribution in [0.2, 0.25) is 0 Å². The maximum Gasteiger partial charge on any atom is 0.328 e. The van der Waals surface area contributed by atoms with Gasteiger partial charge in [-0.15, -0.1) is 0 Å². The molecule has 5 rings (SSSR count). The molecule has 1 aromatic rings. The summed E-state index contributed by atoms with van der Waals surface area (Å²) in [5, 5.41) is 10.4. The number of carbonyl (C=O) groups excluding carboxylic acids is 5. The molecule has 3 aliphatic carbocycles. The number of fused-ring (bicyclic) bond motifs is 3. The topological polar surface area (TPSA) is 153 Å². The van der Waals surface area contributed by atoms with Crippen molar-refractivity contribution in [1.82, 2.24) is 4.90 Å². The number of allylic oxidation sites excluding steroid dienone is 6. The first-order chi connectivity index (χ1) is 17.1. The van der Waals surface area contributed by atoms with Gasteiger partial charge in [0.2, 0.25) is 17.6 Å². The third-order valence-corrected chi connectivity index (χ3v) is 7.62. The van der Waals surface area contributed by atoms with Crippen LogP contribution in [0.25, 0.3) is 0 Å². The van der Waals surface area contributed by atoms with Crippen molar-refractivity contribution in [2.24, 2.45) is 23.5 Å². The van der Waals surface area contributed by atoms with Gasteiger partial charge in [0.25, 0.3) is 0 Å². The van der Waals surface area contributed by atoms with Crippen molar-refractivity contribution >= 4 is 29.4 Å². The van der Waals surface area contributed by atoms with Crippen molar-refractivity contribution in [3.63, 3.8) is 0 Å². The zero-order valence-electron chi connectivity index (χ0n) is 19.9. The number of phenols is 1. The summed E-state index contributed by atoms with van der Waals surface area (Å²) >= 11 is 0. The molecule has 1 aliphatic heterocycles. The fraction of sp³-hybridized carbons (Fsp3) is 0.346. The van der Waals surface area contributed by atoms with Crippen LogP contribution in [0.4, 0.5) is 4.79 Å². The molecule has 1 aromatic carbocycles. The lowest BCUT2D eigenvalue weighted by Crippen LogP contribution is -2.42. The van der Waals surface area contributed by atoms with Crippen LogP contribution in [0.3, 0.4) is 0 Å². The monoisotopic (exact) mass is 492 g/mol. The van der Waals surface area contributed by atoms with E-state index >= 15 is 0 Å². The number of aromatic hydroxyl groups is 1. The number of Topliss-reactive ketones (excluding diaryl/α,β-unsaturated/α-hetero) is 1. The number of benzene rings is 1. The molecule has 4 amide bonds. The molecule has 4 atom stereocenters. The molecule has 3 N–H and O–H groups in total. The number of urea groups is 1. The van der Waals surface area contributed by atoms with Crippen LogP contribution in [0.15, 0.2) is 46.6 Å². The average Bonchev–Trinajstić information content (AvgIpc) is 3.11. The Labute approximate surface area is 206 Å². The second kappa shape index (κ2) is 8.18. The fourth-order valence-electron chi connectivity index (χ4n) is 6.04. The third kappa shape index (κ3) is 3.13. The van der Waals surface area contributed by atoms with Crippen molar-refractivity contribution in [2.45, 2.75) is 25.7 Å². The predicted octanol–water partition coefficient (Wildman–Crippen LogP) is 1.92. The van der Waals surface area contributed by atoms with Crippen LogP contribution < -0.4 is 15.2 Å². The molecule has 1 saturated heterocycles. The Hall–Kier alpha value is -4.21. The lowest BCUT2D eigenvalue weighted by atomic mass is 9.59. The van der Waals surface area contributed by atoms with Gasteiger partial charge >= 0.3 is 6.03 Å². The molecule has 0 bridgehead atoms. The first-order valence-corrected chi connectivity index (χ1v) is 11.4. The largest absolute Gasteiger partial charge is 0.502 e. The van der Waals surface area contributed by atoms with Crippen molar-refractivity contribution in [3.8, 4) is 17.2 Å². The first kappa shape index (κ1) is 23.5. The van der Waals surface area contributed by atoms with E-state index in [-0.39, 0.29) is 47.2 Å². The van der Waals surface area contributed by atoms with Gasteiger partial charge in [-0.3, -0.25) is 19.2 Å². The number of likely N-dealkylation sites (tertiary alicyclic amines) is 1. The molecule has 0 saturated carbocycles. The lowest BCUT2D eigenvalue weighted by Gasteiger charge is -2.42. The van der Waals surface area contributed by atoms with Crippen LogP contribution >= 0.6 is 0 Å². The molecule has 10 heteroatoms. The molecular weight excluding hydrogens is 468 g/mol. The van der Waals surface area contributed by atoms with Gasteiger partial charge in [0.05, 0.1) is 26.1 Å². The Morgan fingerprint density at radius 1 is 1.06 bits per heavy atom. The number of phenolic OH excluding ortho intramolecular Hbond substituents is 1. The van der Waals surface area contributed by atoms with E-state index in [2.05, 4.69) is 0 Å². The van der Waals surface area contributed by atoms with Gasteiger partial charge in [-0.2, -0.15) is 4.90 Å². The van der Waals surface area contributed by atoms with E-state index in [1.807, 2.05) is 6.08 Å². The van der Waals surface area contributed by atoms with Crippen molar-refractivity contribution < 1.29 is 38.6 Å². The molecule has 1 heterocycles. The number of imide groups is 3. The van der Waals surface area contributed by atoms with Gasteiger partial charge in [-0.25, -0.2) is 4.79 Å². The Bertz CT molecular complexity index is 1340. The van der Waals surface area contributed by atoms with Crippen LogP contribution in [-0.2, 0) is 19.2 Å². The summed E-state index contributed by atoms with van der Waals surface area (Å²) in [5.41, 5.74) is 7.37. The minimum Gasteiger partial charge on any atom is -0.502 e. The second-order valence-corrected chi connectivity index (χ2v) is 9.35. The first-order valence-electron chi connectivity index (χ1n) is 11.4. The zero-order chi connectivity index (χ0) is 26.0. The standard InChI is InChI=1S/C26H24N2O8/c1-10-6-16(29)15-9-14-12(4-5-13-20(14)25(33)28(24(13)32)26(27)34)19(21(15)22(10)30)11-7-17(35-2)23(31)18(8-11)36-3/h4,6-8,13-14,19-20,31H,5,9H2,1-3H3,(H2,27,34). The van der Waals surface area contributed by atoms with Crippen LogP contribution in [0, 0.1) is 17.8 Å². The molecule has 0 radical (unpaired) electrons. The molecule has 0 spiro atoms. The van der Waals surface area contributed by atoms with E-state index in [9.17, 15) is 29.1 Å². The lowest BCUT2D eigenvalue weighted by molar-refractivity contribution is -0.136. The fourth-order valence-corrected chi connectivity index (χ4v) is 6.04. The van der Waals surface area contributed by atoms with Crippen LogP contribution in [-0.4, -0.2) is 53.6 Å². The number of rotatable bonds is 3. The maximum atomic E-state index is 13.4. The van der Waals surface area contributed by atoms with Gasteiger partial charge in [0.15, 0.2) is 23.1 Å². The molecule has 186 valence electrons. The normalized spacial score (nSPS) is 27.2. The molecule has 36 heavy (non-hydrogen) atoms. The summed E-state index contributed by atoms with van der Waals surface area (Å²) in [7, 11) is 2.75. The van der Waals surface area contributed by atoms with E-state index in [0.717, 1.165) is 0 Å². The van der Waals surface area contributed by atoms with E-state index in [4.69, 9.17) is 15.2 Å². The van der Waals surface area contributed by atoms with Gasteiger partial charge in [0, 0.05) is 22.6 Å². The number of methoxy groups -OCH3 is 2. The number of primary amides is 1. The van der Waals surface area contributed by atoms with Crippen molar-refractivity contribution in [2.75, 3.05) is 14.2 Å². The highest BCUT2D eigenvalue weighted by molar-refractivity contribution is 6.24. The van der Waals surface area contributed by atoms with Gasteiger partial charge in [-0.1, -0.05) is 11.6 Å². The molecule has 4 unspecified atom stereocenters. The third-order valence-electron chi connectivity index (χ3n) is 7.62. The number of nitrogens with two attached hydrogens (primary N) is 1. The van der Waals surface area contributed by atoms with Crippen molar-refractivity contribution in [3.05, 3.63) is 52.1 Å². The van der Waals surface area contributed by atoms with Crippen LogP contribution in [0.5, 0.6) is 17.2 Å². The Kier molecular flexibility index (Phi) is 5.35. The summed E-state index contributed by atoms with van der Waals surface area (Å²) in [5.74, 6) is -5.03. The summed E-state index contributed by atoms with van der Waals surface area (Å²) in [6, 6.07) is 1.99. The summed E-state index contributed by atoms with van der Waals surface area (Å²) in [6.45, 7) is 1.57. The number of ether oxygens (including phenoxy) is 2. The molecule has 1 fully saturated rings. The summed E-state index contributed by atoms with van der Waals surface area (Å²) in [4.78, 5) is 64.9. The minimum atomic E-state index is -1.14. The van der Waals surface area contributed by atoms with Crippen LogP contribution in [0.1, 0.15) is 31.2 Å². The Morgan fingerprint density at radius 3 is 2.28 bits per heavy atom. The number of amides is 4. The number of hydrogen-bond donors (Lipinski definition) is 2. The van der Waals surface area contributed by atoms with Gasteiger partial charge in [0.1, 0.15) is 0 Å². The van der Waals surface area contributed by atoms with Crippen molar-refractivity contribution in [1.29, 1.82) is 0 Å². The zero-order valence-corrected chi connectivity index (χ0v) is 19.9. The molecular formula is C26H24N2O8. The maximum absolute atomic E-state index is 13.4. The number of carbonyl (C=O) groups is 5. The molecule has 0 aromatic heterocycles. The minimum absolute atomic E-state index is 0.0746. The van der Waals surface area contributed by atoms with E-state index < -0.39 is 41.5 Å². The SMILES string of the molecule is COc1cc(C2C3=CCC4C(=O)N(C(N)=O)C(=O)C4C3CC3=C2C(=O)C(C)=CC3=O)cc(OC)c1O. The summed E-state index contributed by atoms with van der Waals surface area (Å²) < 4.78 is 10.6. The Morgan fingerprint density at radius 2 is 1.69 bits per heavy atom. The number of ketones is 2.